The molecule has 4 rings (SSSR count). The van der Waals surface area contributed by atoms with Gasteiger partial charge in [-0.1, -0.05) is 48.5 Å². The van der Waals surface area contributed by atoms with Crippen LogP contribution in [0.4, 0.5) is 4.79 Å². The minimum Gasteiger partial charge on any atom is -0.444 e. The maximum Gasteiger partial charge on any atom is 0.411 e. The zero-order valence-electron chi connectivity index (χ0n) is 17.1. The van der Waals surface area contributed by atoms with Crippen LogP contribution in [0.5, 0.6) is 0 Å². The number of carbonyl (C=O) groups is 2. The summed E-state index contributed by atoms with van der Waals surface area (Å²) in [5, 5.41) is 0. The van der Waals surface area contributed by atoms with E-state index >= 15 is 0 Å². The first-order chi connectivity index (χ1) is 13.8. The maximum absolute atomic E-state index is 13.5. The van der Waals surface area contributed by atoms with E-state index in [-0.39, 0.29) is 5.91 Å². The smallest absolute Gasteiger partial charge is 0.411 e. The summed E-state index contributed by atoms with van der Waals surface area (Å²) in [7, 11) is 0. The monoisotopic (exact) mass is 410 g/mol. The summed E-state index contributed by atoms with van der Waals surface area (Å²) in [6, 6.07) is 16.0. The molecular weight excluding hydrogens is 384 g/mol. The molecule has 2 heterocycles. The number of fused-ring (bicyclic) bond motifs is 3. The fraction of sp³-hybridized carbons (Fsp3) is 0.391. The highest BCUT2D eigenvalue weighted by Crippen LogP contribution is 2.34. The van der Waals surface area contributed by atoms with Crippen molar-refractivity contribution in [3.63, 3.8) is 0 Å². The Morgan fingerprint density at radius 1 is 0.966 bits per heavy atom. The second-order valence-corrected chi connectivity index (χ2v) is 9.47. The van der Waals surface area contributed by atoms with Crippen molar-refractivity contribution in [3.05, 3.63) is 59.7 Å². The molecule has 0 N–H and O–H groups in total. The second kappa shape index (κ2) is 7.75. The van der Waals surface area contributed by atoms with Gasteiger partial charge in [0.15, 0.2) is 0 Å². The van der Waals surface area contributed by atoms with Gasteiger partial charge in [-0.25, -0.2) is 4.79 Å². The summed E-state index contributed by atoms with van der Waals surface area (Å²) in [5.74, 6) is 1.05. The van der Waals surface area contributed by atoms with Crippen molar-refractivity contribution in [2.45, 2.75) is 45.5 Å². The topological polar surface area (TPSA) is 49.9 Å². The lowest BCUT2D eigenvalue weighted by molar-refractivity contribution is -0.136. The highest BCUT2D eigenvalue weighted by Gasteiger charge is 2.39. The normalized spacial score (nSPS) is 18.7. The van der Waals surface area contributed by atoms with E-state index in [1.54, 1.807) is 16.7 Å². The van der Waals surface area contributed by atoms with Crippen molar-refractivity contribution >= 4 is 23.8 Å². The Hall–Kier alpha value is -2.47. The first-order valence-electron chi connectivity index (χ1n) is 9.86. The fourth-order valence-electron chi connectivity index (χ4n) is 3.82. The fourth-order valence-corrected chi connectivity index (χ4v) is 4.96. The van der Waals surface area contributed by atoms with E-state index in [4.69, 9.17) is 4.74 Å². The lowest BCUT2D eigenvalue weighted by atomic mass is 9.97. The molecule has 0 radical (unpaired) electrons. The van der Waals surface area contributed by atoms with Crippen LogP contribution < -0.4 is 0 Å². The highest BCUT2D eigenvalue weighted by atomic mass is 32.2. The third-order valence-electron chi connectivity index (χ3n) is 5.15. The van der Waals surface area contributed by atoms with Gasteiger partial charge in [-0.2, -0.15) is 0 Å². The Bertz CT molecular complexity index is 890. The molecule has 0 saturated carbocycles. The van der Waals surface area contributed by atoms with Crippen LogP contribution in [0.1, 0.15) is 31.9 Å². The van der Waals surface area contributed by atoms with Crippen molar-refractivity contribution in [3.8, 4) is 11.1 Å². The molecule has 0 spiro atoms. The van der Waals surface area contributed by atoms with Gasteiger partial charge in [0.25, 0.3) is 0 Å². The van der Waals surface area contributed by atoms with Gasteiger partial charge in [0.05, 0.1) is 5.88 Å². The molecule has 6 heteroatoms. The first-order valence-corrected chi connectivity index (χ1v) is 11.0. The van der Waals surface area contributed by atoms with Crippen molar-refractivity contribution in [1.82, 2.24) is 9.80 Å². The van der Waals surface area contributed by atoms with Crippen molar-refractivity contribution in [2.75, 3.05) is 11.6 Å². The number of hydrogen-bond acceptors (Lipinski definition) is 4. The number of carbonyl (C=O) groups excluding carboxylic acids is 2. The predicted octanol–water partition coefficient (Wildman–Crippen LogP) is 4.51. The lowest BCUT2D eigenvalue weighted by Crippen LogP contribution is -2.49. The Morgan fingerprint density at radius 3 is 2.07 bits per heavy atom. The van der Waals surface area contributed by atoms with Gasteiger partial charge in [-0.15, -0.1) is 11.8 Å². The minimum atomic E-state index is -0.585. The van der Waals surface area contributed by atoms with Gasteiger partial charge in [-0.3, -0.25) is 9.69 Å². The molecule has 152 valence electrons. The van der Waals surface area contributed by atoms with Gasteiger partial charge in [0.2, 0.25) is 5.91 Å². The zero-order chi connectivity index (χ0) is 20.6. The quantitative estimate of drug-likeness (QED) is 0.694. The van der Waals surface area contributed by atoms with E-state index < -0.39 is 17.7 Å². The molecule has 2 aliphatic heterocycles. The molecule has 0 bridgehead atoms. The molecule has 2 aromatic rings. The van der Waals surface area contributed by atoms with Crippen molar-refractivity contribution < 1.29 is 14.3 Å². The van der Waals surface area contributed by atoms with Crippen LogP contribution in [0.15, 0.2) is 48.5 Å². The molecule has 5 nitrogen and oxygen atoms in total. The number of nitrogens with zero attached hydrogens (tertiary/aromatic N) is 2. The Kier molecular flexibility index (Phi) is 5.30. The molecule has 0 aliphatic carbocycles. The summed E-state index contributed by atoms with van der Waals surface area (Å²) in [4.78, 5) is 29.6. The molecule has 1 fully saturated rings. The number of hydrogen-bond donors (Lipinski definition) is 0. The number of rotatable bonds is 1. The van der Waals surface area contributed by atoms with Crippen molar-refractivity contribution in [1.29, 1.82) is 0 Å². The summed E-state index contributed by atoms with van der Waals surface area (Å²) >= 11 is 1.59. The summed E-state index contributed by atoms with van der Waals surface area (Å²) < 4.78 is 5.53. The molecule has 1 saturated heterocycles. The van der Waals surface area contributed by atoms with Gasteiger partial charge in [0, 0.05) is 18.8 Å². The van der Waals surface area contributed by atoms with Gasteiger partial charge in [-0.05, 0) is 43.0 Å². The molecule has 2 aliphatic rings. The molecule has 0 aromatic heterocycles. The summed E-state index contributed by atoms with van der Waals surface area (Å²) in [6.45, 7) is 6.59. The standard InChI is InChI=1S/C23H26N2O3S/c1-23(2,3)28-22(27)25-15-29-14-20(25)21(26)24-12-16-8-4-6-10-18(16)19-11-7-5-9-17(19)13-24/h4-11,20H,12-15H2,1-3H3. The third-order valence-corrected chi connectivity index (χ3v) is 6.17. The summed E-state index contributed by atoms with van der Waals surface area (Å²) in [5.41, 5.74) is 4.00. The number of thioether (sulfide) groups is 1. The third kappa shape index (κ3) is 4.13. The zero-order valence-corrected chi connectivity index (χ0v) is 17.9. The first kappa shape index (κ1) is 19.8. The lowest BCUT2D eigenvalue weighted by Gasteiger charge is -2.31. The Balaban J connectivity index is 1.62. The van der Waals surface area contributed by atoms with Crippen LogP contribution in [0.25, 0.3) is 11.1 Å². The average Bonchev–Trinajstić information content (AvgIpc) is 3.10. The Labute approximate surface area is 176 Å². The average molecular weight is 411 g/mol. The summed E-state index contributed by atoms with van der Waals surface area (Å²) in [6.07, 6.45) is -0.420. The molecule has 29 heavy (non-hydrogen) atoms. The SMILES string of the molecule is CC(C)(C)OC(=O)N1CSCC1C(=O)N1Cc2ccccc2-c2ccccc2C1. The van der Waals surface area contributed by atoms with E-state index in [2.05, 4.69) is 24.3 Å². The second-order valence-electron chi connectivity index (χ2n) is 8.47. The predicted molar refractivity (Wildman–Crippen MR) is 115 cm³/mol. The van der Waals surface area contributed by atoms with Gasteiger partial charge >= 0.3 is 6.09 Å². The van der Waals surface area contributed by atoms with Crippen LogP contribution in [0.3, 0.4) is 0 Å². The van der Waals surface area contributed by atoms with Crippen LogP contribution in [-0.4, -0.2) is 45.1 Å². The molecule has 2 amide bonds. The highest BCUT2D eigenvalue weighted by molar-refractivity contribution is 7.99. The molecule has 1 atom stereocenters. The number of benzene rings is 2. The van der Waals surface area contributed by atoms with Gasteiger partial charge in [0.1, 0.15) is 11.6 Å². The molecule has 1 unspecified atom stereocenters. The van der Waals surface area contributed by atoms with Crippen LogP contribution in [-0.2, 0) is 22.6 Å². The Morgan fingerprint density at radius 2 is 1.52 bits per heavy atom. The van der Waals surface area contributed by atoms with E-state index in [1.165, 1.54) is 11.1 Å². The number of ether oxygens (including phenoxy) is 1. The van der Waals surface area contributed by atoms with Crippen LogP contribution in [0.2, 0.25) is 0 Å². The molecular formula is C23H26N2O3S. The van der Waals surface area contributed by atoms with E-state index in [0.717, 1.165) is 11.1 Å². The van der Waals surface area contributed by atoms with Crippen LogP contribution >= 0.6 is 11.8 Å². The van der Waals surface area contributed by atoms with Crippen molar-refractivity contribution in [2.24, 2.45) is 0 Å². The minimum absolute atomic E-state index is 0.0210. The largest absolute Gasteiger partial charge is 0.444 e. The van der Waals surface area contributed by atoms with E-state index in [0.29, 0.717) is 24.7 Å². The van der Waals surface area contributed by atoms with E-state index in [9.17, 15) is 9.59 Å². The number of amides is 2. The van der Waals surface area contributed by atoms with E-state index in [1.807, 2.05) is 49.9 Å². The van der Waals surface area contributed by atoms with Gasteiger partial charge < -0.3 is 9.64 Å². The molecule has 2 aromatic carbocycles. The van der Waals surface area contributed by atoms with Crippen LogP contribution in [0, 0.1) is 0 Å². The maximum atomic E-state index is 13.5.